The number of methoxy groups -OCH3 is 1. The molecule has 9 aromatic rings. The summed E-state index contributed by atoms with van der Waals surface area (Å²) >= 11 is 0. The number of likely N-dealkylation sites (N-methyl/N-ethyl adjacent to an activating group) is 1. The topological polar surface area (TPSA) is 310 Å². The van der Waals surface area contributed by atoms with Crippen LogP contribution in [-0.4, -0.2) is 187 Å². The number of ether oxygens (including phenoxy) is 4. The lowest BCUT2D eigenvalue weighted by Gasteiger charge is -2.37. The molecule has 7 N–H and O–H groups in total. The number of primary amides is 2. The van der Waals surface area contributed by atoms with Gasteiger partial charge in [0.2, 0.25) is 29.6 Å². The minimum absolute atomic E-state index is 0.0743. The number of hydrogen-bond donors (Lipinski definition) is 5. The summed E-state index contributed by atoms with van der Waals surface area (Å²) in [7, 11) is 3.35. The Morgan fingerprint density at radius 2 is 1.40 bits per heavy atom. The van der Waals surface area contributed by atoms with Crippen LogP contribution in [-0.2, 0) is 35.7 Å². The second kappa shape index (κ2) is 32.2. The van der Waals surface area contributed by atoms with Crippen LogP contribution >= 0.6 is 0 Å². The summed E-state index contributed by atoms with van der Waals surface area (Å²) in [6.07, 6.45) is 6.68. The zero-order chi connectivity index (χ0) is 72.6. The monoisotopic (exact) mass is 1400 g/mol. The van der Waals surface area contributed by atoms with E-state index in [9.17, 15) is 24.0 Å². The van der Waals surface area contributed by atoms with Gasteiger partial charge in [0.25, 0.3) is 11.6 Å². The van der Waals surface area contributed by atoms with E-state index >= 15 is 0 Å². The van der Waals surface area contributed by atoms with Crippen LogP contribution in [0.15, 0.2) is 84.9 Å². The fourth-order valence-corrected chi connectivity index (χ4v) is 13.9. The first-order valence-electron chi connectivity index (χ1n) is 35.4. The number of imidazole rings is 2. The van der Waals surface area contributed by atoms with E-state index in [-0.39, 0.29) is 60.0 Å². The first kappa shape index (κ1) is 73.0. The fourth-order valence-electron chi connectivity index (χ4n) is 13.9. The van der Waals surface area contributed by atoms with E-state index in [1.165, 1.54) is 18.7 Å². The van der Waals surface area contributed by atoms with E-state index < -0.39 is 17.7 Å². The third-order valence-corrected chi connectivity index (χ3v) is 19.3. The predicted octanol–water partition coefficient (Wildman–Crippen LogP) is 6.23. The second-order valence-corrected chi connectivity index (χ2v) is 26.8. The van der Waals surface area contributed by atoms with Gasteiger partial charge in [-0.05, 0) is 126 Å². The molecule has 3 saturated heterocycles. The average molecular weight is 1400 g/mol. The number of aromatic nitrogens is 12. The van der Waals surface area contributed by atoms with Crippen molar-refractivity contribution in [3.05, 3.63) is 130 Å². The van der Waals surface area contributed by atoms with Crippen LogP contribution in [0.3, 0.4) is 0 Å². The summed E-state index contributed by atoms with van der Waals surface area (Å²) in [6.45, 7) is 30.8. The van der Waals surface area contributed by atoms with Gasteiger partial charge in [-0.2, -0.15) is 9.78 Å². The van der Waals surface area contributed by atoms with Crippen LogP contribution in [0.5, 0.6) is 17.2 Å². The summed E-state index contributed by atoms with van der Waals surface area (Å²) in [5, 5.41) is 18.8. The van der Waals surface area contributed by atoms with E-state index in [1.807, 2.05) is 74.0 Å². The molecule has 3 fully saturated rings. The number of amides is 5. The number of H-pyrrole nitrogens is 1. The number of piperazine rings is 1. The molecule has 0 unspecified atom stereocenters. The fraction of sp³-hybridized carbons (Fsp3) is 0.479. The Bertz CT molecular complexity index is 4550. The van der Waals surface area contributed by atoms with E-state index in [2.05, 4.69) is 116 Å². The molecule has 3 aromatic carbocycles. The number of rotatable bonds is 26. The van der Waals surface area contributed by atoms with Crippen LogP contribution in [0, 0.1) is 20.8 Å². The number of allylic oxidation sites excluding steroid dienone is 2. The first-order chi connectivity index (χ1) is 49.0. The van der Waals surface area contributed by atoms with Crippen molar-refractivity contribution in [2.75, 3.05) is 108 Å². The van der Waals surface area contributed by atoms with Gasteiger partial charge in [0, 0.05) is 133 Å². The van der Waals surface area contributed by atoms with Gasteiger partial charge in [-0.1, -0.05) is 29.4 Å². The molecule has 0 bridgehead atoms. The number of benzene rings is 3. The Hall–Kier alpha value is -10.3. The molecule has 0 aliphatic carbocycles. The molecule has 5 amide bonds. The molecule has 102 heavy (non-hydrogen) atoms. The van der Waals surface area contributed by atoms with Crippen molar-refractivity contribution >= 4 is 75.0 Å². The SMILES string of the molecule is CCn1nc(C)cc1C(=O)Nc1nc2cc(C(N)=O)cc(OCCCN3CCOCC3)c2n1C/C=C/Cn1c(NC(=O)c2cc(C)n(C(C)C)[n+]2CC)nc2cc(C(N)=O)cc(OC)c21.Cc1[nH][n+](C(C)C)c2ccc(N3CCC(c4ccc(OCCN5CCN(C)C(=O)[C@H]5C)cc4)CC3)n[n+]12. The summed E-state index contributed by atoms with van der Waals surface area (Å²) in [4.78, 5) is 83.3. The molecular formula is C73H99N20O9+3. The molecular weight excluding hydrogens is 1300 g/mol. The Morgan fingerprint density at radius 1 is 0.765 bits per heavy atom. The molecule has 9 heterocycles. The summed E-state index contributed by atoms with van der Waals surface area (Å²) in [6, 6.07) is 23.1. The van der Waals surface area contributed by atoms with E-state index in [1.54, 1.807) is 38.1 Å². The molecule has 29 heteroatoms. The second-order valence-electron chi connectivity index (χ2n) is 26.8. The van der Waals surface area contributed by atoms with Crippen molar-refractivity contribution in [2.45, 2.75) is 139 Å². The summed E-state index contributed by atoms with van der Waals surface area (Å²) < 4.78 is 37.0. The number of nitrogens with two attached hydrogens (primary N) is 2. The largest absolute Gasteiger partial charge is 0.499 e. The highest BCUT2D eigenvalue weighted by Gasteiger charge is 2.34. The number of aryl methyl sites for hydroxylation is 4. The molecule has 1 atom stereocenters. The van der Waals surface area contributed by atoms with Crippen LogP contribution in [0.4, 0.5) is 17.7 Å². The van der Waals surface area contributed by atoms with Gasteiger partial charge < -0.3 is 49.3 Å². The number of piperidine rings is 1. The highest BCUT2D eigenvalue weighted by Crippen LogP contribution is 2.35. The van der Waals surface area contributed by atoms with Gasteiger partial charge in [0.1, 0.15) is 40.6 Å². The Kier molecular flexibility index (Phi) is 23.0. The Morgan fingerprint density at radius 3 is 2.01 bits per heavy atom. The van der Waals surface area contributed by atoms with E-state index in [0.717, 1.165) is 93.9 Å². The number of hydrogen-bond acceptors (Lipinski definition) is 16. The van der Waals surface area contributed by atoms with Gasteiger partial charge in [-0.25, -0.2) is 9.97 Å². The van der Waals surface area contributed by atoms with E-state index in [0.29, 0.717) is 109 Å². The Labute approximate surface area is 593 Å². The molecule has 542 valence electrons. The summed E-state index contributed by atoms with van der Waals surface area (Å²) in [5.41, 5.74) is 18.6. The molecule has 29 nitrogen and oxygen atoms in total. The third-order valence-electron chi connectivity index (χ3n) is 19.3. The number of nitrogens with one attached hydrogen (secondary N) is 3. The van der Waals surface area contributed by atoms with Crippen LogP contribution in [0.25, 0.3) is 27.7 Å². The predicted molar refractivity (Wildman–Crippen MR) is 385 cm³/mol. The molecule has 6 aromatic heterocycles. The molecule has 0 radical (unpaired) electrons. The lowest BCUT2D eigenvalue weighted by Crippen LogP contribution is -2.55. The number of morpholine rings is 1. The molecule has 0 spiro atoms. The number of nitrogens with zero attached hydrogens (tertiary/aromatic N) is 15. The quantitative estimate of drug-likeness (QED) is 0.0228. The Balaban J connectivity index is 0.000000238. The maximum atomic E-state index is 14.1. The van der Waals surface area contributed by atoms with Crippen LogP contribution in [0.1, 0.15) is 150 Å². The standard InChI is InChI=1S/C45H57N13O7.C28H40N7O2/c1-8-56-34(21-28(5)52-56)42(61)50-44-49-33-24-31(41(47)60)26-37(65-18-12-13-53-16-19-64-20-17-53)39(33)55(44)15-11-10-14-54-38-32(23-30(40(46)59)25-36(38)63-7)48-45(54)51-43(62)35-22-29(6)58(27(3)4)57(35)9-2;1-20(2)34-27-11-10-26(30-35(27)22(4)29-34)33-14-12-24(13-15-33)23-6-8-25(9-7-23)37-19-18-32-17-16-31(5)28(36)21(32)3/h10-11,21-27H,8-9,12-20H2,1-7H3,(H5-,46,47,48,49,50,51,59,60,61,62);6-11,20-21,24H,12-19H2,1-5H3/q;+1/p+2/b11-10+;/t;21-/m.1/s1. The molecule has 0 saturated carbocycles. The minimum atomic E-state index is -0.659. The highest BCUT2D eigenvalue weighted by atomic mass is 16.5. The lowest BCUT2D eigenvalue weighted by atomic mass is 9.89. The minimum Gasteiger partial charge on any atom is -0.494 e. The van der Waals surface area contributed by atoms with Gasteiger partial charge in [0.15, 0.2) is 18.4 Å². The average Bonchev–Trinajstić information content (AvgIpc) is 1.66. The molecule has 12 rings (SSSR count). The zero-order valence-electron chi connectivity index (χ0n) is 60.9. The molecule has 3 aliphatic heterocycles. The van der Waals surface area contributed by atoms with Crippen molar-refractivity contribution in [2.24, 2.45) is 11.5 Å². The van der Waals surface area contributed by atoms with Crippen molar-refractivity contribution in [3.63, 3.8) is 0 Å². The van der Waals surface area contributed by atoms with Crippen molar-refractivity contribution in [3.8, 4) is 17.2 Å². The van der Waals surface area contributed by atoms with Gasteiger partial charge in [-0.15, -0.1) is 4.68 Å². The smallest absolute Gasteiger partial charge is 0.494 e. The molecule has 3 aliphatic rings. The number of fused-ring (bicyclic) bond motifs is 3. The number of aromatic amines is 1. The highest BCUT2D eigenvalue weighted by molar-refractivity contribution is 6.05. The van der Waals surface area contributed by atoms with Gasteiger partial charge >= 0.3 is 17.4 Å². The van der Waals surface area contributed by atoms with Gasteiger partial charge in [0.05, 0.1) is 67.5 Å². The van der Waals surface area contributed by atoms with E-state index in [4.69, 9.17) is 45.5 Å². The number of carbonyl (C=O) groups excluding carboxylic acids is 5. The zero-order valence-corrected chi connectivity index (χ0v) is 60.9. The third kappa shape index (κ3) is 16.1. The first-order valence-corrected chi connectivity index (χ1v) is 35.4. The van der Waals surface area contributed by atoms with Crippen molar-refractivity contribution in [1.82, 2.24) is 58.5 Å². The van der Waals surface area contributed by atoms with Crippen LogP contribution < -0.4 is 55.1 Å². The normalized spacial score (nSPS) is 15.7. The maximum Gasteiger partial charge on any atom is 0.499 e. The number of anilines is 3. The van der Waals surface area contributed by atoms with Crippen molar-refractivity contribution < 1.29 is 56.8 Å². The number of carbonyl (C=O) groups is 5. The summed E-state index contributed by atoms with van der Waals surface area (Å²) in [5.74, 6) is 2.71. The van der Waals surface area contributed by atoms with Crippen molar-refractivity contribution in [1.29, 1.82) is 0 Å². The maximum absolute atomic E-state index is 14.1. The van der Waals surface area contributed by atoms with Crippen LogP contribution in [0.2, 0.25) is 0 Å². The van der Waals surface area contributed by atoms with Gasteiger partial charge in [-0.3, -0.25) is 49.1 Å². The lowest BCUT2D eigenvalue weighted by molar-refractivity contribution is -0.776.